The van der Waals surface area contributed by atoms with Crippen LogP contribution in [0.2, 0.25) is 0 Å². The number of hydrogen-bond donors (Lipinski definition) is 10. The number of aliphatic hydroxyl groups is 10. The molecule has 4 saturated carbocycles. The summed E-state index contributed by atoms with van der Waals surface area (Å²) in [6, 6.07) is 0. The molecule has 0 aromatic heterocycles. The van der Waals surface area contributed by atoms with Gasteiger partial charge in [0.2, 0.25) is 0 Å². The van der Waals surface area contributed by atoms with Crippen molar-refractivity contribution in [2.75, 3.05) is 19.8 Å². The van der Waals surface area contributed by atoms with Crippen LogP contribution in [0.15, 0.2) is 11.6 Å². The Kier molecular flexibility index (Phi) is 13.0. The Labute approximate surface area is 331 Å². The molecule has 6 aliphatic rings. The Balaban J connectivity index is 1.21. The minimum atomic E-state index is -1.75. The summed E-state index contributed by atoms with van der Waals surface area (Å²) in [5.41, 5.74) is -0.544. The van der Waals surface area contributed by atoms with Crippen LogP contribution in [-0.4, -0.2) is 150 Å². The zero-order valence-electron chi connectivity index (χ0n) is 34.4. The zero-order valence-corrected chi connectivity index (χ0v) is 34.4. The lowest BCUT2D eigenvalue weighted by molar-refractivity contribution is -0.378. The third kappa shape index (κ3) is 7.37. The zero-order chi connectivity index (χ0) is 41.3. The molecule has 19 atom stereocenters. The van der Waals surface area contributed by atoms with Gasteiger partial charge in [-0.1, -0.05) is 40.7 Å². The van der Waals surface area contributed by atoms with Crippen LogP contribution >= 0.6 is 0 Å². The average Bonchev–Trinajstić information content (AvgIpc) is 3.49. The fourth-order valence-electron chi connectivity index (χ4n) is 13.1. The van der Waals surface area contributed by atoms with E-state index in [1.165, 1.54) is 0 Å². The molecule has 14 nitrogen and oxygen atoms in total. The van der Waals surface area contributed by atoms with Crippen molar-refractivity contribution in [3.05, 3.63) is 11.6 Å². The quantitative estimate of drug-likeness (QED) is 0.104. The first kappa shape index (κ1) is 44.7. The van der Waals surface area contributed by atoms with Crippen molar-refractivity contribution in [2.45, 2.75) is 185 Å². The Morgan fingerprint density at radius 2 is 1.32 bits per heavy atom. The molecule has 0 spiro atoms. The van der Waals surface area contributed by atoms with E-state index >= 15 is 0 Å². The molecule has 4 aliphatic carbocycles. The minimum absolute atomic E-state index is 0.0160. The van der Waals surface area contributed by atoms with Crippen molar-refractivity contribution in [3.63, 3.8) is 0 Å². The number of hydrogen-bond acceptors (Lipinski definition) is 14. The van der Waals surface area contributed by atoms with Gasteiger partial charge >= 0.3 is 0 Å². The average molecular weight is 801 g/mol. The van der Waals surface area contributed by atoms with Gasteiger partial charge in [-0.3, -0.25) is 0 Å². The van der Waals surface area contributed by atoms with E-state index in [0.717, 1.165) is 50.5 Å². The Morgan fingerprint density at radius 1 is 0.714 bits per heavy atom. The van der Waals surface area contributed by atoms with Crippen molar-refractivity contribution < 1.29 is 70.0 Å². The van der Waals surface area contributed by atoms with Crippen molar-refractivity contribution in [1.29, 1.82) is 0 Å². The summed E-state index contributed by atoms with van der Waals surface area (Å²) >= 11 is 0. The van der Waals surface area contributed by atoms with Gasteiger partial charge in [-0.2, -0.15) is 0 Å². The molecule has 2 saturated heterocycles. The number of ether oxygens (including phenoxy) is 4. The summed E-state index contributed by atoms with van der Waals surface area (Å²) in [7, 11) is 0. The van der Waals surface area contributed by atoms with Gasteiger partial charge in [-0.15, -0.1) is 0 Å². The molecule has 324 valence electrons. The van der Waals surface area contributed by atoms with Crippen molar-refractivity contribution >= 4 is 0 Å². The van der Waals surface area contributed by atoms with Crippen LogP contribution in [0.5, 0.6) is 0 Å². The largest absolute Gasteiger partial charge is 0.394 e. The van der Waals surface area contributed by atoms with Gasteiger partial charge in [-0.25, -0.2) is 0 Å². The van der Waals surface area contributed by atoms with Crippen LogP contribution in [0.25, 0.3) is 0 Å². The fourth-order valence-corrected chi connectivity index (χ4v) is 13.1. The van der Waals surface area contributed by atoms with Gasteiger partial charge in [0, 0.05) is 0 Å². The Morgan fingerprint density at radius 3 is 1.93 bits per heavy atom. The van der Waals surface area contributed by atoms with Gasteiger partial charge in [0.15, 0.2) is 12.6 Å². The van der Waals surface area contributed by atoms with E-state index in [-0.39, 0.29) is 46.2 Å². The molecule has 6 rings (SSSR count). The third-order valence-electron chi connectivity index (χ3n) is 16.7. The van der Waals surface area contributed by atoms with Gasteiger partial charge in [0.1, 0.15) is 48.8 Å². The number of fused-ring (bicyclic) bond motifs is 5. The highest BCUT2D eigenvalue weighted by Gasteiger charge is 2.69. The summed E-state index contributed by atoms with van der Waals surface area (Å²) in [5, 5.41) is 105. The highest BCUT2D eigenvalue weighted by atomic mass is 16.8. The predicted octanol–water partition coefficient (Wildman–Crippen LogP) is 1.12. The molecule has 10 N–H and O–H groups in total. The van der Waals surface area contributed by atoms with Crippen LogP contribution in [-0.2, 0) is 18.9 Å². The second-order valence-corrected chi connectivity index (χ2v) is 20.1. The monoisotopic (exact) mass is 800 g/mol. The maximum Gasteiger partial charge on any atom is 0.187 e. The first-order valence-corrected chi connectivity index (χ1v) is 21.0. The van der Waals surface area contributed by atoms with Gasteiger partial charge in [0.05, 0.1) is 37.6 Å². The molecule has 0 aromatic carbocycles. The van der Waals surface area contributed by atoms with Crippen molar-refractivity contribution in [1.82, 2.24) is 0 Å². The number of rotatable bonds is 11. The molecule has 2 heterocycles. The molecule has 0 radical (unpaired) electrons. The fraction of sp³-hybridized carbons (Fsp3) is 0.952. The Hall–Kier alpha value is -0.820. The first-order chi connectivity index (χ1) is 26.1. The van der Waals surface area contributed by atoms with E-state index in [0.29, 0.717) is 24.7 Å². The van der Waals surface area contributed by atoms with Crippen LogP contribution < -0.4 is 0 Å². The highest BCUT2D eigenvalue weighted by molar-refractivity contribution is 5.22. The smallest absolute Gasteiger partial charge is 0.187 e. The van der Waals surface area contributed by atoms with Crippen LogP contribution in [0.1, 0.15) is 106 Å². The molecule has 56 heavy (non-hydrogen) atoms. The lowest BCUT2D eigenvalue weighted by Crippen LogP contribution is -2.66. The molecule has 0 bridgehead atoms. The van der Waals surface area contributed by atoms with E-state index < -0.39 is 86.3 Å². The van der Waals surface area contributed by atoms with Crippen molar-refractivity contribution in [2.24, 2.45) is 45.3 Å². The summed E-state index contributed by atoms with van der Waals surface area (Å²) in [6.07, 6.45) is -6.35. The summed E-state index contributed by atoms with van der Waals surface area (Å²) in [5.74, 6) is 1.34. The lowest BCUT2D eigenvalue weighted by Gasteiger charge is -2.70. The summed E-state index contributed by atoms with van der Waals surface area (Å²) in [6.45, 7) is 13.7. The summed E-state index contributed by atoms with van der Waals surface area (Å²) < 4.78 is 24.4. The van der Waals surface area contributed by atoms with E-state index in [4.69, 9.17) is 18.9 Å². The Bertz CT molecular complexity index is 1390. The van der Waals surface area contributed by atoms with Gasteiger partial charge < -0.3 is 70.0 Å². The normalized spacial score (nSPS) is 50.2. The second kappa shape index (κ2) is 16.2. The molecule has 4 unspecified atom stereocenters. The van der Waals surface area contributed by atoms with E-state index in [9.17, 15) is 51.1 Å². The molecule has 0 aromatic rings. The maximum atomic E-state index is 11.3. The molecular weight excluding hydrogens is 728 g/mol. The highest BCUT2D eigenvalue weighted by Crippen LogP contribution is 2.75. The molecular formula is C42H72O14. The van der Waals surface area contributed by atoms with E-state index in [1.54, 1.807) is 13.8 Å². The van der Waals surface area contributed by atoms with Crippen LogP contribution in [0.3, 0.4) is 0 Å². The second-order valence-electron chi connectivity index (χ2n) is 20.1. The van der Waals surface area contributed by atoms with E-state index in [2.05, 4.69) is 34.6 Å². The standard InChI is InChI=1S/C42H72O14/c1-38(2)26-13-17-42(7)27(10-9-23-22(12-16-41(23,42)6)21(18-43)8-11-28(46)39(3,4)52)40(26,5)15-14-29(38)55-37-35(33(50)31(48)25(20-45)54-37)56-36-34(51)32(49)30(47)24(19-44)53-36/h8,22-37,43-52H,9-20H2,1-7H3/b21-8+/t22-,23?,24-,25-,26?,27-,28?,29+,30-,31-,32+,33+,34-,35-,36?,37+,40+,41-,42-/m1/s1. The van der Waals surface area contributed by atoms with E-state index in [1.807, 2.05) is 6.08 Å². The topological polar surface area (TPSA) is 239 Å². The predicted molar refractivity (Wildman–Crippen MR) is 202 cm³/mol. The van der Waals surface area contributed by atoms with Gasteiger partial charge in [-0.05, 0) is 123 Å². The number of aliphatic hydroxyl groups excluding tert-OH is 9. The van der Waals surface area contributed by atoms with Crippen LogP contribution in [0.4, 0.5) is 0 Å². The minimum Gasteiger partial charge on any atom is -0.394 e. The lowest BCUT2D eigenvalue weighted by atomic mass is 9.35. The first-order valence-electron chi connectivity index (χ1n) is 21.0. The maximum absolute atomic E-state index is 11.3. The third-order valence-corrected chi connectivity index (χ3v) is 16.7. The molecule has 0 amide bonds. The summed E-state index contributed by atoms with van der Waals surface area (Å²) in [4.78, 5) is 0. The van der Waals surface area contributed by atoms with Gasteiger partial charge in [0.25, 0.3) is 0 Å². The molecule has 6 fully saturated rings. The van der Waals surface area contributed by atoms with Crippen molar-refractivity contribution in [3.8, 4) is 0 Å². The molecule has 14 heteroatoms. The van der Waals surface area contributed by atoms with Crippen LogP contribution in [0, 0.1) is 45.3 Å². The molecule has 2 aliphatic heterocycles. The SMILES string of the molecule is CC(C)(O)C(O)C/C=C(\CO)[C@H]1CC[C@]2(C)C1CC[C@@H]1[C@@]3(C)CC[C@H](O[C@@H]4O[C@H](CO)[C@@H](O)[C@H](O)[C@H]4OC4O[C@H](CO)[C@@H](O)[C@H](O)[C@H]4O)C(C)(C)C3CC[C@]12C.